The van der Waals surface area contributed by atoms with Crippen LogP contribution in [0.15, 0.2) is 11.1 Å². The first kappa shape index (κ1) is 25.5. The minimum atomic E-state index is -5.46. The minimum absolute atomic E-state index is 0.0942. The third-order valence-electron chi connectivity index (χ3n) is 3.88. The third-order valence-corrected chi connectivity index (χ3v) is 12.3. The molecule has 6 atom stereocenters. The maximum atomic E-state index is 12.0. The van der Waals surface area contributed by atoms with Crippen LogP contribution in [0.5, 0.6) is 0 Å². The van der Waals surface area contributed by atoms with Gasteiger partial charge in [-0.15, -0.1) is 0 Å². The second-order valence-electron chi connectivity index (χ2n) is 6.21. The van der Waals surface area contributed by atoms with Crippen LogP contribution in [0.2, 0.25) is 0 Å². The van der Waals surface area contributed by atoms with E-state index in [1.54, 1.807) is 0 Å². The van der Waals surface area contributed by atoms with E-state index in [1.165, 1.54) is 0 Å². The van der Waals surface area contributed by atoms with Crippen molar-refractivity contribution in [1.29, 1.82) is 0 Å². The summed E-state index contributed by atoms with van der Waals surface area (Å²) in [6.07, 6.45) is -5.13. The molecule has 3 heterocycles. The molecule has 0 spiro atoms. The number of hydrogen-bond donors (Lipinski definition) is 8. The highest BCUT2D eigenvalue weighted by molar-refractivity contribution is 8.84. The Kier molecular flexibility index (Phi) is 7.07. The molecule has 0 bridgehead atoms. The van der Waals surface area contributed by atoms with E-state index in [1.807, 2.05) is 0 Å². The Hall–Kier alpha value is -1.17. The first-order valence-electron chi connectivity index (χ1n) is 8.11. The molecule has 22 heteroatoms. The first-order valence-corrected chi connectivity index (χ1v) is 14.8. The van der Waals surface area contributed by atoms with Gasteiger partial charge in [-0.2, -0.15) is 9.29 Å². The van der Waals surface area contributed by atoms with Crippen molar-refractivity contribution in [1.82, 2.24) is 19.5 Å². The van der Waals surface area contributed by atoms with Gasteiger partial charge in [0.05, 0.1) is 23.9 Å². The minimum Gasteiger partial charge on any atom is -0.387 e. The standard InChI is InChI=1S/C10H16N5O13P3S/c11-10-13-7-4(8(18)14-10)12-2-15(7)9-6(17)5(16)3(27-9)1-26-30(22,23)32-31(24,25)28-29(19,20)21/h2-3,5-6,9,16-17H,1H2,(H,22,23)(H,24,25)(H2,19,20,21)(H3,11,13,14,18)/t3-,5?,6?,9-/m1/s1. The zero-order chi connectivity index (χ0) is 24.1. The van der Waals surface area contributed by atoms with Crippen LogP contribution in [0.1, 0.15) is 6.23 Å². The summed E-state index contributed by atoms with van der Waals surface area (Å²) in [5.74, 6) is -0.263. The molecule has 9 N–H and O–H groups in total. The van der Waals surface area contributed by atoms with E-state index in [4.69, 9.17) is 20.3 Å². The predicted molar refractivity (Wildman–Crippen MR) is 105 cm³/mol. The quantitative estimate of drug-likeness (QED) is 0.175. The topological polar surface area (TPSA) is 290 Å². The van der Waals surface area contributed by atoms with Crippen molar-refractivity contribution in [3.8, 4) is 0 Å². The molecule has 0 amide bonds. The van der Waals surface area contributed by atoms with Crippen LogP contribution in [-0.4, -0.2) is 74.2 Å². The van der Waals surface area contributed by atoms with Crippen molar-refractivity contribution >= 4 is 49.5 Å². The second kappa shape index (κ2) is 8.88. The van der Waals surface area contributed by atoms with Gasteiger partial charge >= 0.3 is 21.4 Å². The van der Waals surface area contributed by atoms with Crippen molar-refractivity contribution < 1.29 is 57.1 Å². The van der Waals surface area contributed by atoms with E-state index in [0.717, 1.165) is 10.9 Å². The number of aliphatic hydroxyl groups excluding tert-OH is 2. The summed E-state index contributed by atoms with van der Waals surface area (Å²) >= 11 is -0.771. The number of aromatic amines is 1. The molecular formula is C10H16N5O13P3S. The van der Waals surface area contributed by atoms with Gasteiger partial charge in [0.25, 0.3) is 5.56 Å². The van der Waals surface area contributed by atoms with Crippen LogP contribution in [-0.2, 0) is 27.3 Å². The molecule has 1 aliphatic heterocycles. The average Bonchev–Trinajstić information content (AvgIpc) is 3.12. The number of hydrogen-bond acceptors (Lipinski definition) is 13. The Bertz CT molecular complexity index is 1210. The Morgan fingerprint density at radius 2 is 1.84 bits per heavy atom. The number of nitrogens with two attached hydrogens (primary N) is 1. The normalized spacial score (nSPS) is 27.9. The SMILES string of the molecule is Nc1nc2c(ncn2[C@@H]2O[C@H](COP(=O)(O)SP(=O)(O)OP(=O)(O)O)C(O)C2O)c(=O)[nH]1. The van der Waals surface area contributed by atoms with E-state index < -0.39 is 69.1 Å². The number of aliphatic hydroxyl groups is 2. The highest BCUT2D eigenvalue weighted by Gasteiger charge is 2.46. The Labute approximate surface area is 180 Å². The molecule has 180 valence electrons. The van der Waals surface area contributed by atoms with Gasteiger partial charge in [-0.3, -0.25) is 18.9 Å². The summed E-state index contributed by atoms with van der Waals surface area (Å²) in [4.78, 5) is 57.8. The lowest BCUT2D eigenvalue weighted by molar-refractivity contribution is -0.0478. The monoisotopic (exact) mass is 539 g/mol. The molecule has 1 saturated heterocycles. The molecule has 0 radical (unpaired) electrons. The number of H-pyrrole nitrogens is 1. The predicted octanol–water partition coefficient (Wildman–Crippen LogP) is -1.62. The number of nitrogen functional groups attached to an aromatic ring is 1. The lowest BCUT2D eigenvalue weighted by Crippen LogP contribution is -2.33. The third kappa shape index (κ3) is 5.84. The van der Waals surface area contributed by atoms with Crippen molar-refractivity contribution in [2.45, 2.75) is 24.5 Å². The Morgan fingerprint density at radius 1 is 1.19 bits per heavy atom. The van der Waals surface area contributed by atoms with Gasteiger partial charge < -0.3 is 40.3 Å². The zero-order valence-corrected chi connectivity index (χ0v) is 18.8. The molecule has 18 nitrogen and oxygen atoms in total. The lowest BCUT2D eigenvalue weighted by atomic mass is 10.1. The first-order chi connectivity index (χ1) is 14.6. The average molecular weight is 539 g/mol. The summed E-state index contributed by atoms with van der Waals surface area (Å²) in [5.41, 5.74) is 4.56. The van der Waals surface area contributed by atoms with Crippen molar-refractivity contribution in [2.75, 3.05) is 12.3 Å². The fourth-order valence-electron chi connectivity index (χ4n) is 2.70. The van der Waals surface area contributed by atoms with Crippen molar-refractivity contribution in [3.63, 3.8) is 0 Å². The maximum absolute atomic E-state index is 12.0. The van der Waals surface area contributed by atoms with Crippen molar-refractivity contribution in [3.05, 3.63) is 16.7 Å². The van der Waals surface area contributed by atoms with E-state index >= 15 is 0 Å². The molecule has 32 heavy (non-hydrogen) atoms. The van der Waals surface area contributed by atoms with E-state index in [0.29, 0.717) is 0 Å². The summed E-state index contributed by atoms with van der Waals surface area (Å²) in [5, 5.41) is 20.5. The van der Waals surface area contributed by atoms with Crippen LogP contribution < -0.4 is 11.3 Å². The number of rotatable bonds is 8. The Balaban J connectivity index is 1.72. The number of imidazole rings is 1. The summed E-state index contributed by atoms with van der Waals surface area (Å²) in [7, 11) is -5.46. The van der Waals surface area contributed by atoms with E-state index in [9.17, 15) is 38.5 Å². The van der Waals surface area contributed by atoms with Crippen LogP contribution in [0, 0.1) is 0 Å². The van der Waals surface area contributed by atoms with Gasteiger partial charge in [0.15, 0.2) is 17.4 Å². The number of nitrogens with zero attached hydrogens (tertiary/aromatic N) is 3. The molecule has 3 rings (SSSR count). The van der Waals surface area contributed by atoms with Crippen molar-refractivity contribution in [2.24, 2.45) is 0 Å². The molecule has 0 aromatic carbocycles. The fourth-order valence-corrected chi connectivity index (χ4v) is 10.3. The number of ether oxygens (including phenoxy) is 1. The molecular weight excluding hydrogens is 523 g/mol. The second-order valence-corrected chi connectivity index (χ2v) is 14.9. The highest BCUT2D eigenvalue weighted by Crippen LogP contribution is 2.78. The molecule has 0 saturated carbocycles. The molecule has 0 aliphatic carbocycles. The number of aromatic nitrogens is 4. The van der Waals surface area contributed by atoms with Gasteiger partial charge in [-0.25, -0.2) is 18.7 Å². The molecule has 1 aliphatic rings. The largest absolute Gasteiger partial charge is 0.477 e. The molecule has 4 unspecified atom stereocenters. The summed E-state index contributed by atoms with van der Waals surface area (Å²) in [6.45, 7) is -11.3. The van der Waals surface area contributed by atoms with Crippen LogP contribution in [0.3, 0.4) is 0 Å². The smallest absolute Gasteiger partial charge is 0.387 e. The van der Waals surface area contributed by atoms with Gasteiger partial charge in [0.1, 0.15) is 18.3 Å². The molecule has 1 fully saturated rings. The highest BCUT2D eigenvalue weighted by atomic mass is 33.1. The van der Waals surface area contributed by atoms with Crippen LogP contribution >= 0.6 is 32.4 Å². The van der Waals surface area contributed by atoms with Gasteiger partial charge in [0.2, 0.25) is 5.95 Å². The number of nitrogens with one attached hydrogen (secondary N) is 1. The fraction of sp³-hybridized carbons (Fsp3) is 0.500. The maximum Gasteiger partial charge on any atom is 0.477 e. The molecule has 2 aromatic rings. The summed E-state index contributed by atoms with van der Waals surface area (Å²) in [6, 6.07) is 0. The lowest BCUT2D eigenvalue weighted by Gasteiger charge is -2.18. The summed E-state index contributed by atoms with van der Waals surface area (Å²) < 4.78 is 48.8. The number of fused-ring (bicyclic) bond motifs is 1. The molecule has 2 aromatic heterocycles. The van der Waals surface area contributed by atoms with Crippen LogP contribution in [0.25, 0.3) is 11.2 Å². The van der Waals surface area contributed by atoms with Gasteiger partial charge in [0, 0.05) is 0 Å². The Morgan fingerprint density at radius 3 is 2.47 bits per heavy atom. The zero-order valence-electron chi connectivity index (χ0n) is 15.3. The van der Waals surface area contributed by atoms with Gasteiger partial charge in [-0.05, 0) is 0 Å². The van der Waals surface area contributed by atoms with Gasteiger partial charge in [-0.1, -0.05) is 0 Å². The number of anilines is 1. The van der Waals surface area contributed by atoms with Crippen LogP contribution in [0.4, 0.5) is 5.95 Å². The number of phosphoric acid groups is 1. The van der Waals surface area contributed by atoms with E-state index in [-0.39, 0.29) is 17.1 Å². The van der Waals surface area contributed by atoms with E-state index in [2.05, 4.69) is 23.8 Å².